The lowest BCUT2D eigenvalue weighted by Crippen LogP contribution is -3.00. The van der Waals surface area contributed by atoms with Gasteiger partial charge in [-0.15, -0.1) is 0 Å². The standard InChI is InChI=1S/C25H27Cl2N3O2.HI/c1-30(13-10-21(11-14-30)32-22-8-9-23(26)24(27)17-22)15-12-28-25(31)29-20-7-6-18-4-2-3-5-19(18)16-20;/h2-9,16-17,21H,10-15H2,1H3,(H-,28,29,31);1H. The zero-order chi connectivity index (χ0) is 22.6. The van der Waals surface area contributed by atoms with Gasteiger partial charge in [0.05, 0.1) is 43.3 Å². The maximum absolute atomic E-state index is 12.3. The van der Waals surface area contributed by atoms with Gasteiger partial charge in [0.25, 0.3) is 0 Å². The van der Waals surface area contributed by atoms with E-state index in [0.29, 0.717) is 16.6 Å². The molecular formula is C25H28Cl2IN3O2. The molecular weight excluding hydrogens is 572 g/mol. The maximum Gasteiger partial charge on any atom is 0.319 e. The second-order valence-corrected chi connectivity index (χ2v) is 9.44. The van der Waals surface area contributed by atoms with Crippen LogP contribution in [0.1, 0.15) is 12.8 Å². The summed E-state index contributed by atoms with van der Waals surface area (Å²) in [6, 6.07) is 19.2. The summed E-state index contributed by atoms with van der Waals surface area (Å²) >= 11 is 12.1. The molecule has 1 aliphatic rings. The quantitative estimate of drug-likeness (QED) is 0.338. The molecule has 2 amide bonds. The summed E-state index contributed by atoms with van der Waals surface area (Å²) < 4.78 is 7.01. The molecule has 0 spiro atoms. The molecule has 0 atom stereocenters. The Hall–Kier alpha value is -1.74. The zero-order valence-corrected chi connectivity index (χ0v) is 22.2. The summed E-state index contributed by atoms with van der Waals surface area (Å²) in [7, 11) is 2.23. The summed E-state index contributed by atoms with van der Waals surface area (Å²) in [5.41, 5.74) is 0.793. The van der Waals surface area contributed by atoms with Crippen LogP contribution >= 0.6 is 23.2 Å². The third-order valence-corrected chi connectivity index (χ3v) is 6.86. The number of nitrogens with zero attached hydrogens (tertiary/aromatic N) is 1. The van der Waals surface area contributed by atoms with Crippen LogP contribution in [0.2, 0.25) is 10.0 Å². The summed E-state index contributed by atoms with van der Waals surface area (Å²) in [6.07, 6.45) is 2.09. The molecule has 1 aliphatic heterocycles. The number of benzene rings is 3. The van der Waals surface area contributed by atoms with Crippen molar-refractivity contribution in [3.05, 3.63) is 70.7 Å². The summed E-state index contributed by atoms with van der Waals surface area (Å²) in [6.45, 7) is 3.50. The molecule has 0 bridgehead atoms. The fourth-order valence-corrected chi connectivity index (χ4v) is 4.42. The number of amides is 2. The van der Waals surface area contributed by atoms with Gasteiger partial charge in [-0.05, 0) is 35.0 Å². The van der Waals surface area contributed by atoms with E-state index in [4.69, 9.17) is 27.9 Å². The van der Waals surface area contributed by atoms with Crippen molar-refractivity contribution in [2.75, 3.05) is 38.5 Å². The lowest BCUT2D eigenvalue weighted by molar-refractivity contribution is -0.913. The molecule has 1 saturated heterocycles. The minimum Gasteiger partial charge on any atom is -1.00 e. The molecule has 33 heavy (non-hydrogen) atoms. The number of likely N-dealkylation sites (tertiary alicyclic amines) is 1. The molecule has 1 heterocycles. The number of anilines is 1. The Bertz CT molecular complexity index is 1100. The van der Waals surface area contributed by atoms with Crippen molar-refractivity contribution in [2.24, 2.45) is 0 Å². The van der Waals surface area contributed by atoms with E-state index < -0.39 is 0 Å². The van der Waals surface area contributed by atoms with Crippen LogP contribution in [0, 0.1) is 0 Å². The van der Waals surface area contributed by atoms with E-state index in [9.17, 15) is 4.79 Å². The van der Waals surface area contributed by atoms with Gasteiger partial charge in [0.15, 0.2) is 0 Å². The number of carbonyl (C=O) groups excluding carboxylic acids is 1. The SMILES string of the molecule is C[N+]1(CCNC(=O)Nc2ccc3ccccc3c2)CCC(Oc2ccc(Cl)c(Cl)c2)CC1.[I-]. The van der Waals surface area contributed by atoms with Crippen molar-refractivity contribution in [2.45, 2.75) is 18.9 Å². The number of carbonyl (C=O) groups is 1. The summed E-state index contributed by atoms with van der Waals surface area (Å²) in [4.78, 5) is 12.3. The van der Waals surface area contributed by atoms with E-state index in [-0.39, 0.29) is 36.1 Å². The van der Waals surface area contributed by atoms with Crippen molar-refractivity contribution in [1.29, 1.82) is 0 Å². The Balaban J connectivity index is 0.00000306. The highest BCUT2D eigenvalue weighted by molar-refractivity contribution is 6.42. The van der Waals surface area contributed by atoms with Gasteiger partial charge < -0.3 is 43.8 Å². The molecule has 0 aromatic heterocycles. The first kappa shape index (κ1) is 25.9. The molecule has 3 aromatic carbocycles. The Morgan fingerprint density at radius 1 is 1.00 bits per heavy atom. The van der Waals surface area contributed by atoms with Crippen LogP contribution < -0.4 is 39.3 Å². The second kappa shape index (κ2) is 11.6. The normalized spacial score (nSPS) is 20.0. The van der Waals surface area contributed by atoms with Gasteiger partial charge in [0.2, 0.25) is 0 Å². The van der Waals surface area contributed by atoms with Crippen molar-refractivity contribution < 1.29 is 38.0 Å². The molecule has 1 fully saturated rings. The van der Waals surface area contributed by atoms with E-state index in [0.717, 1.165) is 59.2 Å². The number of ether oxygens (including phenoxy) is 1. The molecule has 0 aliphatic carbocycles. The molecule has 8 heteroatoms. The monoisotopic (exact) mass is 599 g/mol. The summed E-state index contributed by atoms with van der Waals surface area (Å²) in [5.74, 6) is 0.757. The molecule has 2 N–H and O–H groups in total. The number of nitrogens with one attached hydrogen (secondary N) is 2. The fraction of sp³-hybridized carbons (Fsp3) is 0.320. The molecule has 3 aromatic rings. The van der Waals surface area contributed by atoms with E-state index >= 15 is 0 Å². The minimum atomic E-state index is -0.176. The number of urea groups is 1. The lowest BCUT2D eigenvalue weighted by atomic mass is 10.1. The highest BCUT2D eigenvalue weighted by atomic mass is 127. The molecule has 0 saturated carbocycles. The van der Waals surface area contributed by atoms with Crippen molar-refractivity contribution in [3.63, 3.8) is 0 Å². The topological polar surface area (TPSA) is 50.4 Å². The Morgan fingerprint density at radius 2 is 1.73 bits per heavy atom. The Morgan fingerprint density at radius 3 is 2.45 bits per heavy atom. The number of fused-ring (bicyclic) bond motifs is 1. The third-order valence-electron chi connectivity index (χ3n) is 6.12. The Labute approximate surface area is 222 Å². The number of hydrogen-bond acceptors (Lipinski definition) is 2. The van der Waals surface area contributed by atoms with Crippen LogP contribution in [0.15, 0.2) is 60.7 Å². The van der Waals surface area contributed by atoms with E-state index in [1.54, 1.807) is 12.1 Å². The summed E-state index contributed by atoms with van der Waals surface area (Å²) in [5, 5.41) is 9.22. The van der Waals surface area contributed by atoms with Gasteiger partial charge >= 0.3 is 6.03 Å². The average Bonchev–Trinajstić information content (AvgIpc) is 2.78. The minimum absolute atomic E-state index is 0. The third kappa shape index (κ3) is 7.12. The number of halogens is 3. The van der Waals surface area contributed by atoms with Crippen LogP contribution in [-0.2, 0) is 0 Å². The number of likely N-dealkylation sites (N-methyl/N-ethyl adjacent to an activating group) is 1. The first-order chi connectivity index (χ1) is 15.4. The lowest BCUT2D eigenvalue weighted by Gasteiger charge is -2.40. The maximum atomic E-state index is 12.3. The zero-order valence-electron chi connectivity index (χ0n) is 18.5. The second-order valence-electron chi connectivity index (χ2n) is 8.63. The molecule has 176 valence electrons. The van der Waals surface area contributed by atoms with Crippen molar-refractivity contribution in [3.8, 4) is 5.75 Å². The average molecular weight is 600 g/mol. The van der Waals surface area contributed by atoms with Gasteiger partial charge in [0, 0.05) is 24.6 Å². The first-order valence-corrected chi connectivity index (χ1v) is 11.6. The van der Waals surface area contributed by atoms with Gasteiger partial charge in [-0.3, -0.25) is 0 Å². The van der Waals surface area contributed by atoms with Crippen LogP contribution in [0.25, 0.3) is 10.8 Å². The number of hydrogen-bond donors (Lipinski definition) is 2. The highest BCUT2D eigenvalue weighted by Crippen LogP contribution is 2.29. The Kier molecular flexibility index (Phi) is 9.09. The fourth-order valence-electron chi connectivity index (χ4n) is 4.13. The highest BCUT2D eigenvalue weighted by Gasteiger charge is 2.31. The molecule has 5 nitrogen and oxygen atoms in total. The van der Waals surface area contributed by atoms with Crippen LogP contribution in [0.5, 0.6) is 5.75 Å². The van der Waals surface area contributed by atoms with Gasteiger partial charge in [-0.1, -0.05) is 53.5 Å². The number of rotatable bonds is 6. The van der Waals surface area contributed by atoms with Crippen LogP contribution in [-0.4, -0.2) is 49.8 Å². The number of piperidine rings is 1. The largest absolute Gasteiger partial charge is 1.00 e. The first-order valence-electron chi connectivity index (χ1n) is 10.9. The van der Waals surface area contributed by atoms with Gasteiger partial charge in [-0.25, -0.2) is 4.79 Å². The van der Waals surface area contributed by atoms with Gasteiger partial charge in [-0.2, -0.15) is 0 Å². The molecule has 0 unspecified atom stereocenters. The predicted octanol–water partition coefficient (Wildman–Crippen LogP) is 2.96. The molecule has 4 rings (SSSR count). The van der Waals surface area contributed by atoms with E-state index in [1.165, 1.54) is 0 Å². The van der Waals surface area contributed by atoms with Gasteiger partial charge in [0.1, 0.15) is 11.9 Å². The smallest absolute Gasteiger partial charge is 0.319 e. The van der Waals surface area contributed by atoms with E-state index in [1.807, 2.05) is 42.5 Å². The van der Waals surface area contributed by atoms with E-state index in [2.05, 4.69) is 23.7 Å². The molecule has 0 radical (unpaired) electrons. The van der Waals surface area contributed by atoms with Crippen LogP contribution in [0.3, 0.4) is 0 Å². The predicted molar refractivity (Wildman–Crippen MR) is 132 cm³/mol. The van der Waals surface area contributed by atoms with Crippen molar-refractivity contribution >= 4 is 45.7 Å². The van der Waals surface area contributed by atoms with Crippen LogP contribution in [0.4, 0.5) is 10.5 Å². The number of quaternary nitrogens is 1. The van der Waals surface area contributed by atoms with Crippen molar-refractivity contribution in [1.82, 2.24) is 5.32 Å².